The molecule has 4 amide bonds. The lowest BCUT2D eigenvalue weighted by Gasteiger charge is -2.39. The van der Waals surface area contributed by atoms with Crippen LogP contribution in [-0.2, 0) is 16.0 Å². The van der Waals surface area contributed by atoms with Crippen LogP contribution >= 0.6 is 0 Å². The van der Waals surface area contributed by atoms with Crippen LogP contribution in [0.1, 0.15) is 76.4 Å². The van der Waals surface area contributed by atoms with Crippen LogP contribution < -0.4 is 20.9 Å². The maximum absolute atomic E-state index is 15.4. The molecule has 2 saturated heterocycles. The largest absolute Gasteiger partial charge is 0.369 e. The van der Waals surface area contributed by atoms with Crippen molar-refractivity contribution in [3.05, 3.63) is 95.1 Å². The molecular formula is C41H44FN7O4. The second-order valence-electron chi connectivity index (χ2n) is 14.8. The van der Waals surface area contributed by atoms with E-state index in [1.165, 1.54) is 6.07 Å². The third-order valence-electron chi connectivity index (χ3n) is 11.3. The number of aromatic amines is 1. The van der Waals surface area contributed by atoms with E-state index in [0.717, 1.165) is 93.0 Å². The maximum Gasteiger partial charge on any atom is 0.253 e. The summed E-state index contributed by atoms with van der Waals surface area (Å²) >= 11 is 0. The average molecular weight is 718 g/mol. The number of fused-ring (bicyclic) bond motifs is 1. The fourth-order valence-electron chi connectivity index (χ4n) is 8.32. The molecule has 1 saturated carbocycles. The Labute approximate surface area is 307 Å². The SMILES string of the molecule is O=C1CCC(c2cccc(N3CCN(CC4CCC(NC(=O)c5ccc(-c6cc(-c7cc8c([nH]7)CCNC8=O)ccn6)c(F)c5)CC4)CC3)c2)C(=O)N1. The fourth-order valence-corrected chi connectivity index (χ4v) is 8.32. The van der Waals surface area contributed by atoms with E-state index in [1.54, 1.807) is 24.4 Å². The van der Waals surface area contributed by atoms with Gasteiger partial charge in [0, 0.05) is 98.1 Å². The fraction of sp³-hybridized carbons (Fsp3) is 0.390. The standard InChI is InChI=1S/C41H44FN7O4/c42-34-21-28(6-9-32(34)37-22-27(12-14-43-37)36-23-33-35(46-36)13-15-44-40(33)52)39(51)45-29-7-4-25(5-8-29)24-48-16-18-49(19-17-48)30-3-1-2-26(20-30)31-10-11-38(50)47-41(31)53/h1-3,6,9,12,14,20-23,25,29,31,46H,4-5,7-8,10-11,13,15-19,24H2,(H,44,52)(H,45,51)(H,47,50,53). The Hall–Kier alpha value is -5.36. The highest BCUT2D eigenvalue weighted by Gasteiger charge is 2.30. The highest BCUT2D eigenvalue weighted by molar-refractivity contribution is 6.01. The molecule has 5 heterocycles. The van der Waals surface area contributed by atoms with Gasteiger partial charge in [0.2, 0.25) is 11.8 Å². The summed E-state index contributed by atoms with van der Waals surface area (Å²) in [5.41, 5.74) is 6.21. The first-order chi connectivity index (χ1) is 25.8. The molecule has 11 nitrogen and oxygen atoms in total. The topological polar surface area (TPSA) is 140 Å². The smallest absolute Gasteiger partial charge is 0.253 e. The Bertz CT molecular complexity index is 2050. The predicted octanol–water partition coefficient (Wildman–Crippen LogP) is 4.80. The number of nitrogens with zero attached hydrogens (tertiary/aromatic N) is 3. The van der Waals surface area contributed by atoms with Gasteiger partial charge in [-0.3, -0.25) is 34.4 Å². The van der Waals surface area contributed by atoms with Gasteiger partial charge in [-0.15, -0.1) is 0 Å². The molecular weight excluding hydrogens is 673 g/mol. The van der Waals surface area contributed by atoms with Gasteiger partial charge in [-0.1, -0.05) is 12.1 Å². The first-order valence-electron chi connectivity index (χ1n) is 18.8. The van der Waals surface area contributed by atoms with Crippen molar-refractivity contribution in [3.63, 3.8) is 0 Å². The van der Waals surface area contributed by atoms with Gasteiger partial charge in [0.05, 0.1) is 17.2 Å². The van der Waals surface area contributed by atoms with Crippen molar-refractivity contribution in [1.82, 2.24) is 30.8 Å². The van der Waals surface area contributed by atoms with Crippen molar-refractivity contribution < 1.29 is 23.6 Å². The summed E-state index contributed by atoms with van der Waals surface area (Å²) in [7, 11) is 0. The molecule has 0 spiro atoms. The zero-order valence-corrected chi connectivity index (χ0v) is 29.6. The van der Waals surface area contributed by atoms with Gasteiger partial charge >= 0.3 is 0 Å². The van der Waals surface area contributed by atoms with E-state index >= 15 is 4.39 Å². The van der Waals surface area contributed by atoms with E-state index in [4.69, 9.17) is 0 Å². The zero-order chi connectivity index (χ0) is 36.5. The lowest BCUT2D eigenvalue weighted by Crippen LogP contribution is -2.48. The second kappa shape index (κ2) is 14.9. The number of anilines is 1. The van der Waals surface area contributed by atoms with E-state index < -0.39 is 5.82 Å². The number of aromatic nitrogens is 2. The van der Waals surface area contributed by atoms with Crippen molar-refractivity contribution in [2.75, 3.05) is 44.2 Å². The summed E-state index contributed by atoms with van der Waals surface area (Å²) in [5.74, 6) is -1.00. The van der Waals surface area contributed by atoms with E-state index in [0.29, 0.717) is 42.1 Å². The number of nitrogens with one attached hydrogen (secondary N) is 4. The van der Waals surface area contributed by atoms with Crippen LogP contribution in [0.2, 0.25) is 0 Å². The molecule has 4 aromatic rings. The Morgan fingerprint density at radius 3 is 2.49 bits per heavy atom. The van der Waals surface area contributed by atoms with Crippen LogP contribution in [0.25, 0.3) is 22.5 Å². The number of piperidine rings is 1. The molecule has 0 radical (unpaired) electrons. The summed E-state index contributed by atoms with van der Waals surface area (Å²) in [6.07, 6.45) is 7.12. The number of benzene rings is 2. The number of carbonyl (C=O) groups excluding carboxylic acids is 4. The van der Waals surface area contributed by atoms with Crippen LogP contribution in [0.4, 0.5) is 10.1 Å². The number of imide groups is 1. The Morgan fingerprint density at radius 2 is 1.72 bits per heavy atom. The van der Waals surface area contributed by atoms with Gasteiger partial charge in [0.1, 0.15) is 5.82 Å². The Balaban J connectivity index is 0.805. The third kappa shape index (κ3) is 7.59. The minimum Gasteiger partial charge on any atom is -0.369 e. The normalized spacial score (nSPS) is 22.2. The molecule has 3 fully saturated rings. The van der Waals surface area contributed by atoms with E-state index in [2.05, 4.69) is 47.9 Å². The second-order valence-corrected chi connectivity index (χ2v) is 14.8. The van der Waals surface area contributed by atoms with Crippen LogP contribution in [0.3, 0.4) is 0 Å². The van der Waals surface area contributed by atoms with Crippen LogP contribution in [0.15, 0.2) is 66.9 Å². The number of piperazine rings is 1. The quantitative estimate of drug-likeness (QED) is 0.192. The predicted molar refractivity (Wildman–Crippen MR) is 199 cm³/mol. The molecule has 3 aliphatic heterocycles. The highest BCUT2D eigenvalue weighted by atomic mass is 19.1. The van der Waals surface area contributed by atoms with Crippen LogP contribution in [0.5, 0.6) is 0 Å². The third-order valence-corrected chi connectivity index (χ3v) is 11.3. The molecule has 274 valence electrons. The number of H-pyrrole nitrogens is 1. The first-order valence-corrected chi connectivity index (χ1v) is 18.8. The van der Waals surface area contributed by atoms with Crippen molar-refractivity contribution in [1.29, 1.82) is 0 Å². The minimum atomic E-state index is -0.515. The number of pyridine rings is 1. The Kier molecular flexibility index (Phi) is 9.78. The maximum atomic E-state index is 15.4. The molecule has 1 unspecified atom stereocenters. The van der Waals surface area contributed by atoms with Crippen LogP contribution in [0, 0.1) is 11.7 Å². The number of carbonyl (C=O) groups is 4. The summed E-state index contributed by atoms with van der Waals surface area (Å²) < 4.78 is 15.4. The summed E-state index contributed by atoms with van der Waals surface area (Å²) in [5, 5.41) is 8.46. The number of rotatable bonds is 8. The highest BCUT2D eigenvalue weighted by Crippen LogP contribution is 2.31. The van der Waals surface area contributed by atoms with Crippen molar-refractivity contribution in [2.45, 2.75) is 56.9 Å². The number of halogens is 1. The molecule has 4 aliphatic rings. The van der Waals surface area contributed by atoms with E-state index in [9.17, 15) is 19.2 Å². The molecule has 1 atom stereocenters. The first kappa shape index (κ1) is 34.7. The molecule has 8 rings (SSSR count). The Morgan fingerprint density at radius 1 is 0.887 bits per heavy atom. The molecule has 0 bridgehead atoms. The lowest BCUT2D eigenvalue weighted by molar-refractivity contribution is -0.134. The van der Waals surface area contributed by atoms with Gasteiger partial charge in [-0.25, -0.2) is 4.39 Å². The molecule has 2 aromatic carbocycles. The number of hydrogen-bond donors (Lipinski definition) is 4. The monoisotopic (exact) mass is 717 g/mol. The molecule has 1 aliphatic carbocycles. The number of amides is 4. The van der Waals surface area contributed by atoms with Gasteiger partial charge < -0.3 is 20.5 Å². The zero-order valence-electron chi connectivity index (χ0n) is 29.6. The summed E-state index contributed by atoms with van der Waals surface area (Å²) in [6, 6.07) is 18.2. The van der Waals surface area contributed by atoms with Crippen molar-refractivity contribution >= 4 is 29.3 Å². The number of hydrogen-bond acceptors (Lipinski definition) is 7. The summed E-state index contributed by atoms with van der Waals surface area (Å²) in [4.78, 5) is 62.0. The van der Waals surface area contributed by atoms with Gasteiger partial charge in [-0.05, 0) is 92.1 Å². The van der Waals surface area contributed by atoms with E-state index in [1.807, 2.05) is 24.3 Å². The van der Waals surface area contributed by atoms with Gasteiger partial charge in [0.15, 0.2) is 0 Å². The molecule has 4 N–H and O–H groups in total. The minimum absolute atomic E-state index is 0.0574. The van der Waals surface area contributed by atoms with Crippen LogP contribution in [-0.4, -0.2) is 83.8 Å². The van der Waals surface area contributed by atoms with Gasteiger partial charge in [0.25, 0.3) is 11.8 Å². The van der Waals surface area contributed by atoms with Crippen molar-refractivity contribution in [3.8, 4) is 22.5 Å². The van der Waals surface area contributed by atoms with Crippen molar-refractivity contribution in [2.24, 2.45) is 5.92 Å². The molecule has 12 heteroatoms. The lowest BCUT2D eigenvalue weighted by atomic mass is 9.85. The summed E-state index contributed by atoms with van der Waals surface area (Å²) in [6.45, 7) is 5.38. The van der Waals surface area contributed by atoms with Gasteiger partial charge in [-0.2, -0.15) is 0 Å². The average Bonchev–Trinajstić information content (AvgIpc) is 3.62. The molecule has 53 heavy (non-hydrogen) atoms. The van der Waals surface area contributed by atoms with E-state index in [-0.39, 0.29) is 41.2 Å². The molecule has 2 aromatic heterocycles.